The van der Waals surface area contributed by atoms with E-state index in [1.807, 2.05) is 23.1 Å². The van der Waals surface area contributed by atoms with Crippen molar-refractivity contribution in [2.75, 3.05) is 5.32 Å². The summed E-state index contributed by atoms with van der Waals surface area (Å²) >= 11 is 0. The molecule has 0 aliphatic carbocycles. The van der Waals surface area contributed by atoms with Gasteiger partial charge in [-0.1, -0.05) is 18.6 Å². The Morgan fingerprint density at radius 3 is 2.83 bits per heavy atom. The third-order valence-electron chi connectivity index (χ3n) is 4.54. The number of benzene rings is 1. The first-order valence-electron chi connectivity index (χ1n) is 8.72. The van der Waals surface area contributed by atoms with Gasteiger partial charge in [-0.15, -0.1) is 0 Å². The molecule has 1 aliphatic heterocycles. The number of fused-ring (bicyclic) bond motifs is 1. The maximum absolute atomic E-state index is 4.78. The molecule has 0 spiro atoms. The minimum atomic E-state index is 0.776. The topological polar surface area (TPSA) is 47.7 Å². The molecule has 0 radical (unpaired) electrons. The molecule has 5 nitrogen and oxygen atoms in total. The summed E-state index contributed by atoms with van der Waals surface area (Å²) in [5.74, 6) is 1.25. The molecule has 1 aromatic carbocycles. The molecule has 0 bridgehead atoms. The Hall–Kier alpha value is -2.56. The van der Waals surface area contributed by atoms with Gasteiger partial charge in [0.2, 0.25) is 0 Å². The monoisotopic (exact) mass is 321 g/mol. The van der Waals surface area contributed by atoms with Crippen LogP contribution in [-0.2, 0) is 26.1 Å². The first-order chi connectivity index (χ1) is 11.9. The van der Waals surface area contributed by atoms with Crippen LogP contribution in [0.3, 0.4) is 0 Å². The van der Waals surface area contributed by atoms with Crippen LogP contribution in [0.1, 0.15) is 36.3 Å². The second-order valence-electron chi connectivity index (χ2n) is 6.41. The average Bonchev–Trinajstić information content (AvgIpc) is 3.20. The zero-order valence-electron chi connectivity index (χ0n) is 13.9. The molecular weight excluding hydrogens is 298 g/mol. The second kappa shape index (κ2) is 6.91. The van der Waals surface area contributed by atoms with Gasteiger partial charge in [0, 0.05) is 37.2 Å². The van der Waals surface area contributed by atoms with Gasteiger partial charge >= 0.3 is 0 Å². The highest BCUT2D eigenvalue weighted by molar-refractivity contribution is 5.44. The Morgan fingerprint density at radius 1 is 1.08 bits per heavy atom. The van der Waals surface area contributed by atoms with Gasteiger partial charge in [0.15, 0.2) is 0 Å². The molecule has 24 heavy (non-hydrogen) atoms. The Balaban J connectivity index is 1.36. The van der Waals surface area contributed by atoms with E-state index in [4.69, 9.17) is 4.98 Å². The van der Waals surface area contributed by atoms with Gasteiger partial charge in [-0.25, -0.2) is 4.98 Å². The van der Waals surface area contributed by atoms with Crippen LogP contribution in [-0.4, -0.2) is 19.3 Å². The molecule has 4 rings (SSSR count). The van der Waals surface area contributed by atoms with E-state index < -0.39 is 0 Å². The average molecular weight is 321 g/mol. The van der Waals surface area contributed by atoms with Crippen LogP contribution in [0.25, 0.3) is 0 Å². The largest absolute Gasteiger partial charge is 0.379 e. The van der Waals surface area contributed by atoms with Crippen LogP contribution in [0.2, 0.25) is 0 Å². The minimum absolute atomic E-state index is 0.776. The number of hydrogen-bond donors (Lipinski definition) is 1. The van der Waals surface area contributed by atoms with E-state index in [0.29, 0.717) is 0 Å². The van der Waals surface area contributed by atoms with Crippen molar-refractivity contribution in [3.8, 4) is 0 Å². The van der Waals surface area contributed by atoms with E-state index in [-0.39, 0.29) is 0 Å². The molecule has 3 aromatic rings. The molecular formula is C19H23N5. The van der Waals surface area contributed by atoms with Crippen molar-refractivity contribution in [2.45, 2.75) is 45.3 Å². The summed E-state index contributed by atoms with van der Waals surface area (Å²) in [6.45, 7) is 2.70. The number of aromatic nitrogens is 4. The van der Waals surface area contributed by atoms with Crippen molar-refractivity contribution >= 4 is 5.69 Å². The third-order valence-corrected chi connectivity index (χ3v) is 4.54. The van der Waals surface area contributed by atoms with Crippen LogP contribution in [0.4, 0.5) is 5.69 Å². The Bertz CT molecular complexity index is 747. The fourth-order valence-corrected chi connectivity index (χ4v) is 3.24. The molecule has 1 N–H and O–H groups in total. The van der Waals surface area contributed by atoms with Crippen molar-refractivity contribution in [3.63, 3.8) is 0 Å². The summed E-state index contributed by atoms with van der Waals surface area (Å²) in [4.78, 5) is 4.78. The summed E-state index contributed by atoms with van der Waals surface area (Å²) in [5, 5.41) is 7.71. The smallest absolute Gasteiger partial charge is 0.109 e. The van der Waals surface area contributed by atoms with Gasteiger partial charge in [-0.2, -0.15) is 5.10 Å². The quantitative estimate of drug-likeness (QED) is 0.783. The van der Waals surface area contributed by atoms with Crippen molar-refractivity contribution in [2.24, 2.45) is 0 Å². The third kappa shape index (κ3) is 3.50. The molecule has 0 unspecified atom stereocenters. The van der Waals surface area contributed by atoms with E-state index in [1.165, 1.54) is 30.7 Å². The Kier molecular flexibility index (Phi) is 4.32. The van der Waals surface area contributed by atoms with Crippen LogP contribution in [0.5, 0.6) is 0 Å². The fraction of sp³-hybridized carbons (Fsp3) is 0.368. The predicted octanol–water partition coefficient (Wildman–Crippen LogP) is 3.47. The molecule has 3 heterocycles. The zero-order valence-corrected chi connectivity index (χ0v) is 13.9. The second-order valence-corrected chi connectivity index (χ2v) is 6.41. The molecule has 0 atom stereocenters. The van der Waals surface area contributed by atoms with Crippen LogP contribution in [0, 0.1) is 0 Å². The fourth-order valence-electron chi connectivity index (χ4n) is 3.24. The number of anilines is 1. The lowest BCUT2D eigenvalue weighted by Gasteiger charge is -2.06. The van der Waals surface area contributed by atoms with Crippen LogP contribution in [0.15, 0.2) is 48.9 Å². The Labute approximate surface area is 142 Å². The van der Waals surface area contributed by atoms with Gasteiger partial charge in [-0.3, -0.25) is 4.68 Å². The van der Waals surface area contributed by atoms with Crippen molar-refractivity contribution in [1.29, 1.82) is 0 Å². The highest BCUT2D eigenvalue weighted by Crippen LogP contribution is 2.16. The lowest BCUT2D eigenvalue weighted by atomic mass is 10.2. The van der Waals surface area contributed by atoms with E-state index in [9.17, 15) is 0 Å². The van der Waals surface area contributed by atoms with Crippen LogP contribution < -0.4 is 5.32 Å². The molecule has 2 aromatic heterocycles. The van der Waals surface area contributed by atoms with E-state index in [0.717, 1.165) is 37.4 Å². The molecule has 0 saturated heterocycles. The lowest BCUT2D eigenvalue weighted by Crippen LogP contribution is -2.02. The maximum atomic E-state index is 4.78. The number of rotatable bonds is 5. The number of hydrogen-bond acceptors (Lipinski definition) is 3. The van der Waals surface area contributed by atoms with Crippen molar-refractivity contribution < 1.29 is 0 Å². The first-order valence-corrected chi connectivity index (χ1v) is 8.72. The Morgan fingerprint density at radius 2 is 2.00 bits per heavy atom. The highest BCUT2D eigenvalue weighted by atomic mass is 15.3. The molecule has 0 amide bonds. The molecule has 1 aliphatic rings. The molecule has 5 heteroatoms. The van der Waals surface area contributed by atoms with Gasteiger partial charge in [0.05, 0.1) is 18.8 Å². The summed E-state index contributed by atoms with van der Waals surface area (Å²) < 4.78 is 4.26. The van der Waals surface area contributed by atoms with E-state index in [2.05, 4.69) is 45.4 Å². The van der Waals surface area contributed by atoms with Crippen LogP contribution >= 0.6 is 0 Å². The van der Waals surface area contributed by atoms with E-state index in [1.54, 1.807) is 0 Å². The standard InChI is InChI=1S/C19H23N5/c1-2-5-19-22-18(15-23(19)11-3-1)13-20-17-8-6-16(7-9-17)14-24-12-4-10-21-24/h4,6-10,12,15,20H,1-3,5,11,13-14H2. The van der Waals surface area contributed by atoms with E-state index >= 15 is 0 Å². The number of nitrogens with one attached hydrogen (secondary N) is 1. The lowest BCUT2D eigenvalue weighted by molar-refractivity contribution is 0.634. The first kappa shape index (κ1) is 15.0. The maximum Gasteiger partial charge on any atom is 0.109 e. The van der Waals surface area contributed by atoms with Gasteiger partial charge in [0.25, 0.3) is 0 Å². The predicted molar refractivity (Wildman–Crippen MR) is 94.9 cm³/mol. The molecule has 0 saturated carbocycles. The van der Waals surface area contributed by atoms with Crippen molar-refractivity contribution in [3.05, 3.63) is 66.0 Å². The van der Waals surface area contributed by atoms with Gasteiger partial charge in [0.1, 0.15) is 5.82 Å². The van der Waals surface area contributed by atoms with Gasteiger partial charge < -0.3 is 9.88 Å². The highest BCUT2D eigenvalue weighted by Gasteiger charge is 2.10. The molecule has 124 valence electrons. The normalized spacial score (nSPS) is 14.2. The van der Waals surface area contributed by atoms with Gasteiger partial charge in [-0.05, 0) is 36.6 Å². The summed E-state index contributed by atoms with van der Waals surface area (Å²) in [5.41, 5.74) is 3.51. The zero-order chi connectivity index (χ0) is 16.2. The summed E-state index contributed by atoms with van der Waals surface area (Å²) in [6, 6.07) is 10.5. The SMILES string of the molecule is c1cnn(Cc2ccc(NCc3cn4c(n3)CCCCC4)cc2)c1. The van der Waals surface area contributed by atoms with Crippen molar-refractivity contribution in [1.82, 2.24) is 19.3 Å². The summed E-state index contributed by atoms with van der Waals surface area (Å²) in [6.07, 6.45) is 11.0. The minimum Gasteiger partial charge on any atom is -0.379 e. The number of aryl methyl sites for hydroxylation is 2. The number of imidazole rings is 1. The molecule has 0 fully saturated rings. The number of nitrogens with zero attached hydrogens (tertiary/aromatic N) is 4. The summed E-state index contributed by atoms with van der Waals surface area (Å²) in [7, 11) is 0.